The average molecular weight is 262 g/mol. The molecule has 1 aliphatic rings. The van der Waals surface area contributed by atoms with Crippen LogP contribution in [0.1, 0.15) is 19.8 Å². The third kappa shape index (κ3) is 2.60. The summed E-state index contributed by atoms with van der Waals surface area (Å²) in [5.74, 6) is 1.71. The summed E-state index contributed by atoms with van der Waals surface area (Å²) in [6, 6.07) is 0. The Hall–Kier alpha value is -1.89. The van der Waals surface area contributed by atoms with Crippen LogP contribution in [0.2, 0.25) is 0 Å². The summed E-state index contributed by atoms with van der Waals surface area (Å²) in [6.45, 7) is 3.25. The van der Waals surface area contributed by atoms with E-state index in [2.05, 4.69) is 30.8 Å². The van der Waals surface area contributed by atoms with Crippen molar-refractivity contribution in [1.82, 2.24) is 20.2 Å². The number of aromatic amines is 1. The van der Waals surface area contributed by atoms with Gasteiger partial charge in [-0.3, -0.25) is 5.10 Å². The predicted octanol–water partition coefficient (Wildman–Crippen LogP) is 0.967. The smallest absolute Gasteiger partial charge is 0.226 e. The van der Waals surface area contributed by atoms with Gasteiger partial charge in [0.25, 0.3) is 0 Å². The highest BCUT2D eigenvalue weighted by atomic mass is 16.3. The van der Waals surface area contributed by atoms with Crippen LogP contribution in [-0.2, 0) is 0 Å². The fourth-order valence-electron chi connectivity index (χ4n) is 2.06. The Balaban J connectivity index is 1.80. The molecule has 7 heteroatoms. The van der Waals surface area contributed by atoms with E-state index in [1.165, 1.54) is 0 Å². The molecule has 2 aromatic rings. The standard InChI is InChI=1S/C12H18N6O/c1-2-13-12-16-10(8-5-15-18-11(8)17-12)14-6-9(19)7-3-4-7/h5,7,9,19H,2-4,6H2,1H3,(H3,13,14,15,16,17,18). The zero-order valence-electron chi connectivity index (χ0n) is 10.8. The molecule has 7 nitrogen and oxygen atoms in total. The van der Waals surface area contributed by atoms with Crippen molar-refractivity contribution in [3.05, 3.63) is 6.20 Å². The number of nitrogens with one attached hydrogen (secondary N) is 3. The van der Waals surface area contributed by atoms with Crippen molar-refractivity contribution < 1.29 is 5.11 Å². The van der Waals surface area contributed by atoms with Crippen LogP contribution in [0.25, 0.3) is 11.0 Å². The Bertz CT molecular complexity index is 564. The number of hydrogen-bond donors (Lipinski definition) is 4. The molecule has 3 rings (SSSR count). The van der Waals surface area contributed by atoms with Gasteiger partial charge in [-0.25, -0.2) is 0 Å². The lowest BCUT2D eigenvalue weighted by Gasteiger charge is -2.12. The first-order valence-corrected chi connectivity index (χ1v) is 6.65. The maximum Gasteiger partial charge on any atom is 0.226 e. The molecule has 4 N–H and O–H groups in total. The van der Waals surface area contributed by atoms with Gasteiger partial charge >= 0.3 is 0 Å². The lowest BCUT2D eigenvalue weighted by Crippen LogP contribution is -2.22. The second-order valence-corrected chi connectivity index (χ2v) is 4.84. The van der Waals surface area contributed by atoms with Crippen molar-refractivity contribution in [3.63, 3.8) is 0 Å². The molecule has 0 radical (unpaired) electrons. The van der Waals surface area contributed by atoms with E-state index in [0.29, 0.717) is 29.9 Å². The van der Waals surface area contributed by atoms with Gasteiger partial charge in [0.1, 0.15) is 5.82 Å². The highest BCUT2D eigenvalue weighted by Crippen LogP contribution is 2.32. The molecule has 0 aliphatic heterocycles. The Labute approximate surface area is 110 Å². The number of H-pyrrole nitrogens is 1. The third-order valence-corrected chi connectivity index (χ3v) is 3.29. The molecule has 1 aliphatic carbocycles. The van der Waals surface area contributed by atoms with Crippen molar-refractivity contribution in [1.29, 1.82) is 0 Å². The molecule has 1 atom stereocenters. The SMILES string of the molecule is CCNc1nc(NCC(O)C2CC2)c2cn[nH]c2n1. The van der Waals surface area contributed by atoms with E-state index < -0.39 is 0 Å². The average Bonchev–Trinajstić information content (AvgIpc) is 3.15. The molecule has 1 fully saturated rings. The molecule has 1 unspecified atom stereocenters. The van der Waals surface area contributed by atoms with E-state index >= 15 is 0 Å². The summed E-state index contributed by atoms with van der Waals surface area (Å²) in [5, 5.41) is 23.8. The van der Waals surface area contributed by atoms with Gasteiger partial charge in [0, 0.05) is 13.1 Å². The minimum Gasteiger partial charge on any atom is -0.391 e. The van der Waals surface area contributed by atoms with Gasteiger partial charge in [-0.05, 0) is 25.7 Å². The Morgan fingerprint density at radius 3 is 3.00 bits per heavy atom. The van der Waals surface area contributed by atoms with Crippen LogP contribution < -0.4 is 10.6 Å². The van der Waals surface area contributed by atoms with Crippen molar-refractivity contribution in [2.75, 3.05) is 23.7 Å². The van der Waals surface area contributed by atoms with E-state index in [-0.39, 0.29) is 6.10 Å². The Morgan fingerprint density at radius 2 is 2.26 bits per heavy atom. The molecule has 0 aromatic carbocycles. The molecule has 0 saturated heterocycles. The van der Waals surface area contributed by atoms with E-state index in [1.807, 2.05) is 6.92 Å². The number of aliphatic hydroxyl groups excluding tert-OH is 1. The van der Waals surface area contributed by atoms with E-state index in [4.69, 9.17) is 0 Å². The van der Waals surface area contributed by atoms with E-state index in [1.54, 1.807) is 6.20 Å². The van der Waals surface area contributed by atoms with Gasteiger partial charge in [0.2, 0.25) is 5.95 Å². The monoisotopic (exact) mass is 262 g/mol. The molecule has 0 spiro atoms. The van der Waals surface area contributed by atoms with Crippen LogP contribution in [0.15, 0.2) is 6.20 Å². The number of hydrogen-bond acceptors (Lipinski definition) is 6. The molecule has 102 valence electrons. The zero-order valence-corrected chi connectivity index (χ0v) is 10.8. The normalized spacial score (nSPS) is 16.5. The van der Waals surface area contributed by atoms with Gasteiger partial charge in [-0.2, -0.15) is 15.1 Å². The first-order valence-electron chi connectivity index (χ1n) is 6.65. The summed E-state index contributed by atoms with van der Waals surface area (Å²) in [4.78, 5) is 8.73. The van der Waals surface area contributed by atoms with Gasteiger partial charge in [-0.15, -0.1) is 0 Å². The summed E-state index contributed by atoms with van der Waals surface area (Å²) >= 11 is 0. The van der Waals surface area contributed by atoms with Gasteiger partial charge < -0.3 is 15.7 Å². The fourth-order valence-corrected chi connectivity index (χ4v) is 2.06. The number of fused-ring (bicyclic) bond motifs is 1. The highest BCUT2D eigenvalue weighted by molar-refractivity contribution is 5.86. The number of aliphatic hydroxyl groups is 1. The molecular weight excluding hydrogens is 244 g/mol. The van der Waals surface area contributed by atoms with Gasteiger partial charge in [0.05, 0.1) is 17.7 Å². The quantitative estimate of drug-likeness (QED) is 0.619. The van der Waals surface area contributed by atoms with Crippen LogP contribution >= 0.6 is 0 Å². The minimum absolute atomic E-state index is 0.306. The molecule has 0 bridgehead atoms. The Kier molecular flexibility index (Phi) is 3.20. The number of aromatic nitrogens is 4. The van der Waals surface area contributed by atoms with E-state index in [9.17, 15) is 5.11 Å². The number of nitrogens with zero attached hydrogens (tertiary/aromatic N) is 3. The van der Waals surface area contributed by atoms with Crippen molar-refractivity contribution >= 4 is 22.8 Å². The van der Waals surface area contributed by atoms with E-state index in [0.717, 1.165) is 24.8 Å². The van der Waals surface area contributed by atoms with Crippen LogP contribution in [0, 0.1) is 5.92 Å². The number of rotatable bonds is 6. The van der Waals surface area contributed by atoms with Gasteiger partial charge in [-0.1, -0.05) is 0 Å². The largest absolute Gasteiger partial charge is 0.391 e. The van der Waals surface area contributed by atoms with Crippen LogP contribution in [-0.4, -0.2) is 44.5 Å². The topological polar surface area (TPSA) is 98.8 Å². The Morgan fingerprint density at radius 1 is 1.42 bits per heavy atom. The third-order valence-electron chi connectivity index (χ3n) is 3.29. The van der Waals surface area contributed by atoms with Crippen LogP contribution in [0.5, 0.6) is 0 Å². The first-order chi connectivity index (χ1) is 9.28. The lowest BCUT2D eigenvalue weighted by molar-refractivity contribution is 0.164. The molecule has 0 amide bonds. The molecule has 2 aromatic heterocycles. The summed E-state index contributed by atoms with van der Waals surface area (Å²) in [7, 11) is 0. The minimum atomic E-state index is -0.306. The fraction of sp³-hybridized carbons (Fsp3) is 0.583. The van der Waals surface area contributed by atoms with Crippen molar-refractivity contribution in [2.24, 2.45) is 5.92 Å². The maximum absolute atomic E-state index is 9.90. The maximum atomic E-state index is 9.90. The number of anilines is 2. The summed E-state index contributed by atoms with van der Waals surface area (Å²) in [6.07, 6.45) is 3.63. The van der Waals surface area contributed by atoms with Crippen LogP contribution in [0.4, 0.5) is 11.8 Å². The van der Waals surface area contributed by atoms with Crippen molar-refractivity contribution in [3.8, 4) is 0 Å². The predicted molar refractivity (Wildman–Crippen MR) is 73.1 cm³/mol. The summed E-state index contributed by atoms with van der Waals surface area (Å²) < 4.78 is 0. The molecule has 2 heterocycles. The van der Waals surface area contributed by atoms with Crippen molar-refractivity contribution in [2.45, 2.75) is 25.9 Å². The first kappa shape index (κ1) is 12.2. The van der Waals surface area contributed by atoms with Crippen LogP contribution in [0.3, 0.4) is 0 Å². The lowest BCUT2D eigenvalue weighted by atomic mass is 10.2. The highest BCUT2D eigenvalue weighted by Gasteiger charge is 2.29. The molecule has 19 heavy (non-hydrogen) atoms. The molecule has 1 saturated carbocycles. The second-order valence-electron chi connectivity index (χ2n) is 4.84. The second kappa shape index (κ2) is 5.00. The summed E-state index contributed by atoms with van der Waals surface area (Å²) in [5.41, 5.74) is 0.689. The molecular formula is C12H18N6O. The van der Waals surface area contributed by atoms with Gasteiger partial charge in [0.15, 0.2) is 5.65 Å². The zero-order chi connectivity index (χ0) is 13.2.